The van der Waals surface area contributed by atoms with Crippen molar-refractivity contribution in [2.75, 3.05) is 30.8 Å². The van der Waals surface area contributed by atoms with E-state index >= 15 is 0 Å². The number of benzene rings is 2. The maximum absolute atomic E-state index is 14.5. The van der Waals surface area contributed by atoms with Crippen LogP contribution in [0.2, 0.25) is 0 Å². The number of aromatic nitrogens is 2. The van der Waals surface area contributed by atoms with Crippen LogP contribution >= 0.6 is 0 Å². The third kappa shape index (κ3) is 2.98. The Hall–Kier alpha value is -2.80. The Morgan fingerprint density at radius 2 is 2.00 bits per heavy atom. The molecule has 0 spiro atoms. The van der Waals surface area contributed by atoms with Crippen molar-refractivity contribution < 1.29 is 13.9 Å². The van der Waals surface area contributed by atoms with E-state index in [2.05, 4.69) is 20.6 Å². The third-order valence-electron chi connectivity index (χ3n) is 3.62. The number of anilines is 2. The molecule has 1 aromatic heterocycles. The van der Waals surface area contributed by atoms with Crippen LogP contribution in [0.5, 0.6) is 0 Å². The van der Waals surface area contributed by atoms with E-state index in [4.69, 9.17) is 5.11 Å². The molecule has 5 nitrogen and oxygen atoms in total. The van der Waals surface area contributed by atoms with Gasteiger partial charge in [0.1, 0.15) is 5.82 Å². The first-order valence-corrected chi connectivity index (χ1v) is 7.41. The van der Waals surface area contributed by atoms with Crippen LogP contribution in [0.25, 0.3) is 22.0 Å². The number of hydrogen-bond donors (Lipinski definition) is 3. The maximum atomic E-state index is 14.5. The molecule has 2 aromatic carbocycles. The summed E-state index contributed by atoms with van der Waals surface area (Å²) in [6.45, 7) is 0.317. The molecule has 3 rings (SSSR count). The van der Waals surface area contributed by atoms with Gasteiger partial charge in [-0.15, -0.1) is 0 Å². The molecule has 0 saturated heterocycles. The van der Waals surface area contributed by atoms with E-state index in [1.807, 2.05) is 0 Å². The molecule has 3 aromatic rings. The lowest BCUT2D eigenvalue weighted by atomic mass is 10.0. The molecule has 7 heteroatoms. The molecule has 0 atom stereocenters. The fourth-order valence-electron chi connectivity index (χ4n) is 2.45. The number of halogens is 2. The molecule has 0 aliphatic carbocycles. The van der Waals surface area contributed by atoms with E-state index in [1.165, 1.54) is 12.1 Å². The highest BCUT2D eigenvalue weighted by Crippen LogP contribution is 2.32. The fourth-order valence-corrected chi connectivity index (χ4v) is 2.45. The Labute approximate surface area is 137 Å². The van der Waals surface area contributed by atoms with Crippen molar-refractivity contribution in [3.63, 3.8) is 0 Å². The van der Waals surface area contributed by atoms with E-state index in [0.29, 0.717) is 29.0 Å². The van der Waals surface area contributed by atoms with Crippen molar-refractivity contribution >= 4 is 22.5 Å². The van der Waals surface area contributed by atoms with E-state index in [1.54, 1.807) is 31.4 Å². The second-order valence-electron chi connectivity index (χ2n) is 5.15. The Bertz CT molecular complexity index is 886. The smallest absolute Gasteiger partial charge is 0.223 e. The van der Waals surface area contributed by atoms with Crippen LogP contribution in [0.1, 0.15) is 0 Å². The van der Waals surface area contributed by atoms with Gasteiger partial charge in [-0.2, -0.15) is 0 Å². The molecule has 0 aliphatic rings. The molecule has 3 N–H and O–H groups in total. The van der Waals surface area contributed by atoms with Crippen LogP contribution < -0.4 is 10.6 Å². The summed E-state index contributed by atoms with van der Waals surface area (Å²) in [5.41, 5.74) is 1.19. The second-order valence-corrected chi connectivity index (χ2v) is 5.15. The van der Waals surface area contributed by atoms with Gasteiger partial charge >= 0.3 is 0 Å². The average molecular weight is 330 g/mol. The summed E-state index contributed by atoms with van der Waals surface area (Å²) < 4.78 is 28.6. The van der Waals surface area contributed by atoms with Crippen molar-refractivity contribution in [3.8, 4) is 11.1 Å². The molecule has 0 saturated carbocycles. The van der Waals surface area contributed by atoms with E-state index < -0.39 is 11.6 Å². The van der Waals surface area contributed by atoms with Gasteiger partial charge in [-0.1, -0.05) is 6.07 Å². The molecule has 0 aliphatic heterocycles. The van der Waals surface area contributed by atoms with Gasteiger partial charge in [0.15, 0.2) is 5.82 Å². The molecular weight excluding hydrogens is 314 g/mol. The molecule has 1 heterocycles. The number of aliphatic hydroxyl groups excluding tert-OH is 1. The molecular formula is C17H16F2N4O. The van der Waals surface area contributed by atoms with Gasteiger partial charge in [-0.05, 0) is 29.8 Å². The highest BCUT2D eigenvalue weighted by atomic mass is 19.1. The number of fused-ring (bicyclic) bond motifs is 1. The van der Waals surface area contributed by atoms with Crippen molar-refractivity contribution in [1.29, 1.82) is 0 Å². The van der Waals surface area contributed by atoms with Crippen LogP contribution in [-0.2, 0) is 0 Å². The summed E-state index contributed by atoms with van der Waals surface area (Å²) in [4.78, 5) is 8.42. The van der Waals surface area contributed by atoms with Gasteiger partial charge in [0.2, 0.25) is 5.95 Å². The number of rotatable bonds is 5. The van der Waals surface area contributed by atoms with Crippen LogP contribution in [-0.4, -0.2) is 35.3 Å². The maximum Gasteiger partial charge on any atom is 0.223 e. The van der Waals surface area contributed by atoms with Gasteiger partial charge in [0, 0.05) is 25.2 Å². The summed E-state index contributed by atoms with van der Waals surface area (Å²) in [5.74, 6) is -0.883. The van der Waals surface area contributed by atoms with E-state index in [9.17, 15) is 8.78 Å². The molecule has 0 radical (unpaired) electrons. The normalized spacial score (nSPS) is 10.8. The molecule has 0 amide bonds. The van der Waals surface area contributed by atoms with Crippen LogP contribution in [0.3, 0.4) is 0 Å². The lowest BCUT2D eigenvalue weighted by Gasteiger charge is -2.10. The molecule has 0 unspecified atom stereocenters. The zero-order chi connectivity index (χ0) is 17.1. The van der Waals surface area contributed by atoms with Crippen LogP contribution in [0, 0.1) is 11.6 Å². The summed E-state index contributed by atoms with van der Waals surface area (Å²) in [6.07, 6.45) is 1.57. The number of nitrogens with zero attached hydrogens (tertiary/aromatic N) is 2. The molecule has 24 heavy (non-hydrogen) atoms. The molecule has 124 valence electrons. The number of aliphatic hydroxyl groups is 1. The van der Waals surface area contributed by atoms with Gasteiger partial charge in [0.05, 0.1) is 23.4 Å². The summed E-state index contributed by atoms with van der Waals surface area (Å²) >= 11 is 0. The topological polar surface area (TPSA) is 70.1 Å². The van der Waals surface area contributed by atoms with Crippen LogP contribution in [0.4, 0.5) is 20.4 Å². The lowest BCUT2D eigenvalue weighted by molar-refractivity contribution is 0.311. The summed E-state index contributed by atoms with van der Waals surface area (Å²) in [6, 6.07) is 7.53. The van der Waals surface area contributed by atoms with Crippen molar-refractivity contribution in [2.45, 2.75) is 0 Å². The fraction of sp³-hybridized carbons (Fsp3) is 0.176. The Kier molecular flexibility index (Phi) is 4.52. The Morgan fingerprint density at radius 1 is 1.17 bits per heavy atom. The van der Waals surface area contributed by atoms with Crippen LogP contribution in [0.15, 0.2) is 36.5 Å². The SMILES string of the molecule is CNc1ccc(F)c(-c2ccc3nc(NCCO)ncc3c2)c1F. The molecule has 0 fully saturated rings. The van der Waals surface area contributed by atoms with Crippen molar-refractivity contribution in [3.05, 3.63) is 48.2 Å². The minimum absolute atomic E-state index is 0.0271. The number of hydrogen-bond acceptors (Lipinski definition) is 5. The minimum atomic E-state index is -0.640. The van der Waals surface area contributed by atoms with Gasteiger partial charge in [-0.25, -0.2) is 18.7 Å². The first kappa shape index (κ1) is 16.1. The second kappa shape index (κ2) is 6.76. The Morgan fingerprint density at radius 3 is 2.75 bits per heavy atom. The summed E-state index contributed by atoms with van der Waals surface area (Å²) in [5, 5.41) is 15.0. The van der Waals surface area contributed by atoms with Gasteiger partial charge in [-0.3, -0.25) is 0 Å². The minimum Gasteiger partial charge on any atom is -0.395 e. The Balaban J connectivity index is 2.06. The highest BCUT2D eigenvalue weighted by molar-refractivity contribution is 5.85. The largest absolute Gasteiger partial charge is 0.395 e. The van der Waals surface area contributed by atoms with E-state index in [0.717, 1.165) is 0 Å². The monoisotopic (exact) mass is 330 g/mol. The first-order valence-electron chi connectivity index (χ1n) is 7.41. The quantitative estimate of drug-likeness (QED) is 0.671. The standard InChI is InChI=1S/C17H16F2N4O/c1-20-14-5-3-12(18)15(16(14)19)10-2-4-13-11(8-10)9-22-17(23-13)21-6-7-24/h2-5,8-9,20,24H,6-7H2,1H3,(H,21,22,23). The van der Waals surface area contributed by atoms with Crippen molar-refractivity contribution in [2.24, 2.45) is 0 Å². The zero-order valence-corrected chi connectivity index (χ0v) is 13.0. The zero-order valence-electron chi connectivity index (χ0n) is 13.0. The predicted molar refractivity (Wildman–Crippen MR) is 90.0 cm³/mol. The third-order valence-corrected chi connectivity index (χ3v) is 3.62. The predicted octanol–water partition coefficient (Wildman–Crippen LogP) is 3.02. The first-order chi connectivity index (χ1) is 11.6. The lowest BCUT2D eigenvalue weighted by Crippen LogP contribution is -2.08. The average Bonchev–Trinajstić information content (AvgIpc) is 2.60. The molecule has 0 bridgehead atoms. The van der Waals surface area contributed by atoms with E-state index in [-0.39, 0.29) is 17.9 Å². The van der Waals surface area contributed by atoms with Crippen molar-refractivity contribution in [1.82, 2.24) is 9.97 Å². The highest BCUT2D eigenvalue weighted by Gasteiger charge is 2.15. The number of nitrogens with one attached hydrogen (secondary N) is 2. The van der Waals surface area contributed by atoms with Gasteiger partial charge in [0.25, 0.3) is 0 Å². The van der Waals surface area contributed by atoms with Gasteiger partial charge < -0.3 is 15.7 Å². The summed E-state index contributed by atoms with van der Waals surface area (Å²) in [7, 11) is 1.58.